The molecule has 2 aromatic carbocycles. The van der Waals surface area contributed by atoms with Gasteiger partial charge < -0.3 is 19.1 Å². The Morgan fingerprint density at radius 2 is 1.53 bits per heavy atom. The number of nitrogens with zero attached hydrogens (tertiary/aromatic N) is 5. The summed E-state index contributed by atoms with van der Waals surface area (Å²) in [5.41, 5.74) is 2.99. The SMILES string of the molecule is COC(=O)c1nn(Cc2ccc(OC)cc2)c2c(N(C)Cc3ccc(OC)cc3)nc(Cl)nc12. The Labute approximate surface area is 201 Å². The average molecular weight is 482 g/mol. The molecule has 0 radical (unpaired) electrons. The molecular weight excluding hydrogens is 458 g/mol. The molecule has 2 heterocycles. The molecule has 9 nitrogen and oxygen atoms in total. The predicted molar refractivity (Wildman–Crippen MR) is 129 cm³/mol. The fourth-order valence-corrected chi connectivity index (χ4v) is 3.80. The number of ether oxygens (including phenoxy) is 3. The number of esters is 1. The first-order valence-electron chi connectivity index (χ1n) is 10.4. The Morgan fingerprint density at radius 1 is 0.941 bits per heavy atom. The van der Waals surface area contributed by atoms with Crippen LogP contribution in [0.3, 0.4) is 0 Å². The normalized spacial score (nSPS) is 10.9. The number of anilines is 1. The summed E-state index contributed by atoms with van der Waals surface area (Å²) in [6.07, 6.45) is 0. The maximum absolute atomic E-state index is 12.5. The number of hydrogen-bond acceptors (Lipinski definition) is 8. The van der Waals surface area contributed by atoms with Crippen molar-refractivity contribution in [3.8, 4) is 11.5 Å². The summed E-state index contributed by atoms with van der Waals surface area (Å²) in [7, 11) is 6.44. The second-order valence-corrected chi connectivity index (χ2v) is 7.90. The molecule has 0 amide bonds. The summed E-state index contributed by atoms with van der Waals surface area (Å²) in [5, 5.41) is 4.53. The molecule has 0 spiro atoms. The van der Waals surface area contributed by atoms with Gasteiger partial charge in [0.25, 0.3) is 0 Å². The maximum atomic E-state index is 12.5. The second kappa shape index (κ2) is 9.96. The fraction of sp³-hybridized carbons (Fsp3) is 0.250. The van der Waals surface area contributed by atoms with Crippen LogP contribution in [0.2, 0.25) is 5.28 Å². The van der Waals surface area contributed by atoms with Gasteiger partial charge in [-0.3, -0.25) is 4.68 Å². The third kappa shape index (κ3) is 4.74. The number of rotatable bonds is 8. The van der Waals surface area contributed by atoms with Gasteiger partial charge in [0.15, 0.2) is 11.5 Å². The summed E-state index contributed by atoms with van der Waals surface area (Å²) < 4.78 is 17.1. The molecule has 0 aliphatic rings. The van der Waals surface area contributed by atoms with Crippen LogP contribution in [0.5, 0.6) is 11.5 Å². The van der Waals surface area contributed by atoms with Crippen molar-refractivity contribution in [3.63, 3.8) is 0 Å². The summed E-state index contributed by atoms with van der Waals surface area (Å²) in [6.45, 7) is 0.916. The molecule has 0 saturated carbocycles. The first-order valence-corrected chi connectivity index (χ1v) is 10.8. The Morgan fingerprint density at radius 3 is 2.09 bits per heavy atom. The van der Waals surface area contributed by atoms with Gasteiger partial charge in [0.1, 0.15) is 22.5 Å². The minimum atomic E-state index is -0.600. The minimum Gasteiger partial charge on any atom is -0.497 e. The lowest BCUT2D eigenvalue weighted by molar-refractivity contribution is 0.0595. The fourth-order valence-electron chi connectivity index (χ4n) is 3.64. The zero-order valence-electron chi connectivity index (χ0n) is 19.3. The van der Waals surface area contributed by atoms with Gasteiger partial charge in [-0.25, -0.2) is 9.78 Å². The van der Waals surface area contributed by atoms with Gasteiger partial charge in [0, 0.05) is 13.6 Å². The topological polar surface area (TPSA) is 91.6 Å². The molecule has 4 aromatic rings. The van der Waals surface area contributed by atoms with Crippen LogP contribution in [0, 0.1) is 0 Å². The predicted octanol–water partition coefficient (Wildman–Crippen LogP) is 3.97. The number of carbonyl (C=O) groups excluding carboxylic acids is 1. The molecule has 176 valence electrons. The first kappa shape index (κ1) is 23.3. The Bertz CT molecular complexity index is 1310. The molecule has 0 atom stereocenters. The van der Waals surface area contributed by atoms with Crippen molar-refractivity contribution in [3.05, 3.63) is 70.6 Å². The van der Waals surface area contributed by atoms with Crippen LogP contribution in [-0.2, 0) is 17.8 Å². The van der Waals surface area contributed by atoms with E-state index in [2.05, 4.69) is 15.1 Å². The lowest BCUT2D eigenvalue weighted by Crippen LogP contribution is -2.19. The molecule has 34 heavy (non-hydrogen) atoms. The van der Waals surface area contributed by atoms with E-state index in [1.54, 1.807) is 18.9 Å². The molecule has 0 aliphatic carbocycles. The van der Waals surface area contributed by atoms with Gasteiger partial charge in [-0.05, 0) is 47.0 Å². The molecule has 0 saturated heterocycles. The van der Waals surface area contributed by atoms with Gasteiger partial charge in [0.2, 0.25) is 5.28 Å². The Hall–Kier alpha value is -3.85. The van der Waals surface area contributed by atoms with Gasteiger partial charge in [0.05, 0.1) is 27.9 Å². The van der Waals surface area contributed by atoms with E-state index in [0.717, 1.165) is 22.6 Å². The number of halogens is 1. The van der Waals surface area contributed by atoms with Crippen molar-refractivity contribution >= 4 is 34.4 Å². The van der Waals surface area contributed by atoms with E-state index in [-0.39, 0.29) is 11.0 Å². The summed E-state index contributed by atoms with van der Waals surface area (Å²) in [5.74, 6) is 1.47. The first-order chi connectivity index (χ1) is 16.4. The highest BCUT2D eigenvalue weighted by Crippen LogP contribution is 2.29. The molecule has 10 heteroatoms. The van der Waals surface area contributed by atoms with E-state index in [1.807, 2.05) is 60.5 Å². The highest BCUT2D eigenvalue weighted by atomic mass is 35.5. The molecule has 0 fully saturated rings. The van der Waals surface area contributed by atoms with E-state index in [0.29, 0.717) is 29.9 Å². The van der Waals surface area contributed by atoms with Gasteiger partial charge >= 0.3 is 5.97 Å². The highest BCUT2D eigenvalue weighted by Gasteiger charge is 2.25. The number of benzene rings is 2. The van der Waals surface area contributed by atoms with Crippen LogP contribution in [0.1, 0.15) is 21.6 Å². The van der Waals surface area contributed by atoms with Crippen LogP contribution < -0.4 is 14.4 Å². The van der Waals surface area contributed by atoms with E-state index in [4.69, 9.17) is 25.8 Å². The lowest BCUT2D eigenvalue weighted by Gasteiger charge is -2.20. The van der Waals surface area contributed by atoms with Crippen molar-refractivity contribution in [1.82, 2.24) is 19.7 Å². The Balaban J connectivity index is 1.79. The summed E-state index contributed by atoms with van der Waals surface area (Å²) in [4.78, 5) is 23.2. The number of carbonyl (C=O) groups is 1. The van der Waals surface area contributed by atoms with Gasteiger partial charge in [-0.2, -0.15) is 10.1 Å². The largest absolute Gasteiger partial charge is 0.497 e. The van der Waals surface area contributed by atoms with E-state index < -0.39 is 5.97 Å². The molecule has 0 unspecified atom stereocenters. The van der Waals surface area contributed by atoms with Crippen LogP contribution in [0.25, 0.3) is 11.0 Å². The van der Waals surface area contributed by atoms with Crippen molar-refractivity contribution in [1.29, 1.82) is 0 Å². The summed E-state index contributed by atoms with van der Waals surface area (Å²) >= 11 is 6.26. The van der Waals surface area contributed by atoms with Crippen molar-refractivity contribution < 1.29 is 19.0 Å². The van der Waals surface area contributed by atoms with E-state index in [9.17, 15) is 4.79 Å². The molecule has 2 aromatic heterocycles. The van der Waals surface area contributed by atoms with E-state index >= 15 is 0 Å². The second-order valence-electron chi connectivity index (χ2n) is 7.56. The van der Waals surface area contributed by atoms with Crippen LogP contribution in [0.4, 0.5) is 5.82 Å². The highest BCUT2D eigenvalue weighted by molar-refractivity contribution is 6.29. The van der Waals surface area contributed by atoms with Crippen molar-refractivity contribution in [2.24, 2.45) is 0 Å². The third-order valence-electron chi connectivity index (χ3n) is 5.35. The third-order valence-corrected chi connectivity index (χ3v) is 5.52. The van der Waals surface area contributed by atoms with E-state index in [1.165, 1.54) is 7.11 Å². The minimum absolute atomic E-state index is 0.0123. The van der Waals surface area contributed by atoms with Gasteiger partial charge in [-0.1, -0.05) is 24.3 Å². The molecule has 0 aliphatic heterocycles. The van der Waals surface area contributed by atoms with Crippen molar-refractivity contribution in [2.45, 2.75) is 13.1 Å². The molecular formula is C24H24ClN5O4. The molecule has 0 N–H and O–H groups in total. The number of methoxy groups -OCH3 is 3. The molecule has 4 rings (SSSR count). The Kier molecular flexibility index (Phi) is 6.83. The molecule has 0 bridgehead atoms. The monoisotopic (exact) mass is 481 g/mol. The van der Waals surface area contributed by atoms with Crippen LogP contribution in [0.15, 0.2) is 48.5 Å². The zero-order chi connectivity index (χ0) is 24.2. The van der Waals surface area contributed by atoms with Crippen molar-refractivity contribution in [2.75, 3.05) is 33.3 Å². The average Bonchev–Trinajstić information content (AvgIpc) is 3.21. The lowest BCUT2D eigenvalue weighted by atomic mass is 10.2. The van der Waals surface area contributed by atoms with Gasteiger partial charge in [-0.15, -0.1) is 0 Å². The number of aromatic nitrogens is 4. The number of fused-ring (bicyclic) bond motifs is 1. The standard InChI is InChI=1S/C24H24ClN5O4/c1-29(13-15-5-9-17(32-2)10-6-15)22-21-19(26-24(25)27-22)20(23(31)34-4)28-30(21)14-16-7-11-18(33-3)12-8-16/h5-12H,13-14H2,1-4H3. The zero-order valence-corrected chi connectivity index (χ0v) is 20.0. The number of hydrogen-bond donors (Lipinski definition) is 0. The maximum Gasteiger partial charge on any atom is 0.360 e. The summed E-state index contributed by atoms with van der Waals surface area (Å²) in [6, 6.07) is 15.3. The smallest absolute Gasteiger partial charge is 0.360 e. The van der Waals surface area contributed by atoms with Crippen LogP contribution >= 0.6 is 11.6 Å². The van der Waals surface area contributed by atoms with Crippen LogP contribution in [-0.4, -0.2) is 54.1 Å². The quantitative estimate of drug-likeness (QED) is 0.276.